The second-order valence-electron chi connectivity index (χ2n) is 3.06. The van der Waals surface area contributed by atoms with Crippen LogP contribution in [0.4, 0.5) is 0 Å². The highest BCUT2D eigenvalue weighted by molar-refractivity contribution is 4.87. The fourth-order valence-electron chi connectivity index (χ4n) is 1.37. The van der Waals surface area contributed by atoms with Gasteiger partial charge in [-0.1, -0.05) is 12.2 Å². The normalized spacial score (nSPS) is 31.5. The Morgan fingerprint density at radius 2 is 2.00 bits per heavy atom. The summed E-state index contributed by atoms with van der Waals surface area (Å²) in [5.74, 6) is 0. The first-order chi connectivity index (χ1) is 6.20. The van der Waals surface area contributed by atoms with E-state index in [1.807, 2.05) is 12.2 Å². The summed E-state index contributed by atoms with van der Waals surface area (Å²) < 4.78 is 0. The van der Waals surface area contributed by atoms with Crippen molar-refractivity contribution in [2.75, 3.05) is 0 Å². The summed E-state index contributed by atoms with van der Waals surface area (Å²) in [5.41, 5.74) is 0. The van der Waals surface area contributed by atoms with E-state index in [0.29, 0.717) is 12.8 Å². The minimum atomic E-state index is -0.834. The number of hydrogen-bond donors (Lipinski definition) is 1. The summed E-state index contributed by atoms with van der Waals surface area (Å²) in [4.78, 5) is 14.4. The van der Waals surface area contributed by atoms with Gasteiger partial charge < -0.3 is 9.94 Å². The molecule has 0 saturated carbocycles. The molecule has 0 unspecified atom stereocenters. The van der Waals surface area contributed by atoms with E-state index in [1.165, 1.54) is 0 Å². The zero-order chi connectivity index (χ0) is 9.68. The Balaban J connectivity index is 2.48. The zero-order valence-electron chi connectivity index (χ0n) is 7.26. The summed E-state index contributed by atoms with van der Waals surface area (Å²) in [6.45, 7) is 0. The highest BCUT2D eigenvalue weighted by atomic mass is 17.0. The number of nitrogens with zero attached hydrogens (tertiary/aromatic N) is 1. The van der Waals surface area contributed by atoms with Crippen LogP contribution >= 0.6 is 0 Å². The van der Waals surface area contributed by atoms with Crippen LogP contribution < -0.4 is 0 Å². The van der Waals surface area contributed by atoms with Crippen molar-refractivity contribution < 1.29 is 15.0 Å². The average Bonchev–Trinajstić information content (AvgIpc) is 2.04. The van der Waals surface area contributed by atoms with Gasteiger partial charge in [0.05, 0.1) is 6.10 Å². The summed E-state index contributed by atoms with van der Waals surface area (Å²) in [5, 5.41) is 18.7. The third kappa shape index (κ3) is 3.42. The van der Waals surface area contributed by atoms with E-state index < -0.39 is 17.3 Å². The summed E-state index contributed by atoms with van der Waals surface area (Å²) in [6, 6.07) is 0. The van der Waals surface area contributed by atoms with Gasteiger partial charge in [-0.25, -0.2) is 0 Å². The van der Waals surface area contributed by atoms with Gasteiger partial charge in [0.2, 0.25) is 0 Å². The number of rotatable bonds is 2. The van der Waals surface area contributed by atoms with E-state index in [4.69, 9.17) is 0 Å². The standard InChI is InChI=1S/C8H13NO4/c10-7-5-3-1-2-4-6-8(7)13-9(11)12/h1-2,7-8,10H,3-6H2/b2-1-/t7-,8-/m0/s1. The van der Waals surface area contributed by atoms with E-state index in [1.54, 1.807) is 0 Å². The third-order valence-electron chi connectivity index (χ3n) is 2.06. The molecule has 1 N–H and O–H groups in total. The van der Waals surface area contributed by atoms with E-state index >= 15 is 0 Å². The molecule has 0 aromatic heterocycles. The monoisotopic (exact) mass is 187 g/mol. The minimum Gasteiger partial charge on any atom is -0.391 e. The highest BCUT2D eigenvalue weighted by Gasteiger charge is 2.22. The molecule has 1 aliphatic rings. The van der Waals surface area contributed by atoms with E-state index in [0.717, 1.165) is 12.8 Å². The molecule has 0 radical (unpaired) electrons. The van der Waals surface area contributed by atoms with Gasteiger partial charge in [-0.15, -0.1) is 10.1 Å². The Bertz CT molecular complexity index is 204. The lowest BCUT2D eigenvalue weighted by atomic mass is 10.0. The molecule has 5 nitrogen and oxygen atoms in total. The molecular formula is C8H13NO4. The Morgan fingerprint density at radius 1 is 1.38 bits per heavy atom. The molecule has 0 saturated heterocycles. The number of allylic oxidation sites excluding steroid dienone is 2. The summed E-state index contributed by atoms with van der Waals surface area (Å²) in [6.07, 6.45) is 5.03. The van der Waals surface area contributed by atoms with Crippen LogP contribution in [-0.4, -0.2) is 22.4 Å². The molecule has 1 rings (SSSR count). The van der Waals surface area contributed by atoms with Crippen molar-refractivity contribution in [3.8, 4) is 0 Å². The van der Waals surface area contributed by atoms with E-state index in [9.17, 15) is 15.2 Å². The molecule has 0 bridgehead atoms. The smallest absolute Gasteiger partial charge is 0.294 e. The van der Waals surface area contributed by atoms with Crippen molar-refractivity contribution in [3.63, 3.8) is 0 Å². The van der Waals surface area contributed by atoms with Gasteiger partial charge >= 0.3 is 0 Å². The Hall–Kier alpha value is -1.10. The quantitative estimate of drug-likeness (QED) is 0.398. The highest BCUT2D eigenvalue weighted by Crippen LogP contribution is 2.16. The second kappa shape index (κ2) is 4.81. The van der Waals surface area contributed by atoms with Crippen LogP contribution in [0.5, 0.6) is 0 Å². The predicted octanol–water partition coefficient (Wildman–Crippen LogP) is 1.05. The van der Waals surface area contributed by atoms with Gasteiger partial charge in [0.1, 0.15) is 6.10 Å². The van der Waals surface area contributed by atoms with Crippen LogP contribution in [-0.2, 0) is 4.84 Å². The fraction of sp³-hybridized carbons (Fsp3) is 0.750. The van der Waals surface area contributed by atoms with Gasteiger partial charge in [-0.05, 0) is 25.7 Å². The first-order valence-corrected chi connectivity index (χ1v) is 4.34. The predicted molar refractivity (Wildman–Crippen MR) is 45.5 cm³/mol. The van der Waals surface area contributed by atoms with Gasteiger partial charge in [0.25, 0.3) is 5.09 Å². The molecular weight excluding hydrogens is 174 g/mol. The molecule has 0 aliphatic heterocycles. The molecule has 2 atom stereocenters. The van der Waals surface area contributed by atoms with Crippen LogP contribution in [0.1, 0.15) is 25.7 Å². The van der Waals surface area contributed by atoms with Crippen molar-refractivity contribution in [2.24, 2.45) is 0 Å². The van der Waals surface area contributed by atoms with Crippen molar-refractivity contribution in [2.45, 2.75) is 37.9 Å². The van der Waals surface area contributed by atoms with Crippen molar-refractivity contribution in [3.05, 3.63) is 22.3 Å². The van der Waals surface area contributed by atoms with Gasteiger partial charge in [-0.2, -0.15) is 0 Å². The van der Waals surface area contributed by atoms with Crippen LogP contribution in [0, 0.1) is 10.1 Å². The van der Waals surface area contributed by atoms with E-state index in [2.05, 4.69) is 4.84 Å². The molecule has 0 heterocycles. The van der Waals surface area contributed by atoms with Crippen molar-refractivity contribution in [1.29, 1.82) is 0 Å². The van der Waals surface area contributed by atoms with E-state index in [-0.39, 0.29) is 0 Å². The molecule has 0 aromatic rings. The lowest BCUT2D eigenvalue weighted by molar-refractivity contribution is -0.770. The topological polar surface area (TPSA) is 72.6 Å². The Morgan fingerprint density at radius 3 is 2.62 bits per heavy atom. The molecule has 0 fully saturated rings. The fourth-order valence-corrected chi connectivity index (χ4v) is 1.37. The first kappa shape index (κ1) is 9.98. The third-order valence-corrected chi connectivity index (χ3v) is 2.06. The number of hydrogen-bond acceptors (Lipinski definition) is 4. The minimum absolute atomic E-state index is 0.499. The maximum atomic E-state index is 10.1. The average molecular weight is 187 g/mol. The summed E-state index contributed by atoms with van der Waals surface area (Å²) >= 11 is 0. The molecule has 1 aliphatic carbocycles. The molecule has 0 amide bonds. The zero-order valence-corrected chi connectivity index (χ0v) is 7.26. The Labute approximate surface area is 76.1 Å². The molecule has 5 heteroatoms. The maximum Gasteiger partial charge on any atom is 0.294 e. The van der Waals surface area contributed by atoms with Crippen LogP contribution in [0.15, 0.2) is 12.2 Å². The van der Waals surface area contributed by atoms with Crippen LogP contribution in [0.2, 0.25) is 0 Å². The van der Waals surface area contributed by atoms with Crippen LogP contribution in [0.25, 0.3) is 0 Å². The molecule has 0 spiro atoms. The first-order valence-electron chi connectivity index (χ1n) is 4.34. The van der Waals surface area contributed by atoms with Crippen molar-refractivity contribution in [1.82, 2.24) is 0 Å². The van der Waals surface area contributed by atoms with Gasteiger partial charge in [-0.3, -0.25) is 0 Å². The molecule has 0 aromatic carbocycles. The van der Waals surface area contributed by atoms with Crippen molar-refractivity contribution >= 4 is 0 Å². The largest absolute Gasteiger partial charge is 0.391 e. The lowest BCUT2D eigenvalue weighted by Crippen LogP contribution is -2.31. The SMILES string of the molecule is O=[N+]([O-])O[C@H]1CC/C=C\CC[C@@H]1O. The van der Waals surface area contributed by atoms with Crippen LogP contribution in [0.3, 0.4) is 0 Å². The van der Waals surface area contributed by atoms with Gasteiger partial charge in [0, 0.05) is 0 Å². The second-order valence-corrected chi connectivity index (χ2v) is 3.06. The molecule has 74 valence electrons. The lowest BCUT2D eigenvalue weighted by Gasteiger charge is -2.21. The van der Waals surface area contributed by atoms with Gasteiger partial charge in [0.15, 0.2) is 0 Å². The molecule has 13 heavy (non-hydrogen) atoms. The number of aliphatic hydroxyl groups is 1. The maximum absolute atomic E-state index is 10.1. The summed E-state index contributed by atoms with van der Waals surface area (Å²) in [7, 11) is 0. The number of aliphatic hydroxyl groups excluding tert-OH is 1. The Kier molecular flexibility index (Phi) is 3.70.